The van der Waals surface area contributed by atoms with Gasteiger partial charge in [-0.25, -0.2) is 22.4 Å². The highest BCUT2D eigenvalue weighted by Crippen LogP contribution is 2.25. The molecule has 0 fully saturated rings. The van der Waals surface area contributed by atoms with Crippen LogP contribution >= 0.6 is 0 Å². The van der Waals surface area contributed by atoms with E-state index in [2.05, 4.69) is 9.73 Å². The number of aliphatic imine (C=N–C) groups is 1. The quantitative estimate of drug-likeness (QED) is 0.149. The summed E-state index contributed by atoms with van der Waals surface area (Å²) in [4.78, 5) is 15.7. The van der Waals surface area contributed by atoms with Crippen molar-refractivity contribution in [2.24, 2.45) is 4.99 Å². The highest BCUT2D eigenvalue weighted by molar-refractivity contribution is 6.15. The van der Waals surface area contributed by atoms with Gasteiger partial charge in [0, 0.05) is 6.21 Å². The smallest absolute Gasteiger partial charge is 0.343 e. The summed E-state index contributed by atoms with van der Waals surface area (Å²) in [7, 11) is 0. The Hall–Kier alpha value is -2.42. The summed E-state index contributed by atoms with van der Waals surface area (Å²) in [5.74, 6) is -10.1. The van der Waals surface area contributed by atoms with Crippen molar-refractivity contribution in [3.8, 4) is 0 Å². The summed E-state index contributed by atoms with van der Waals surface area (Å²) >= 11 is 0. The molecule has 25 heavy (non-hydrogen) atoms. The van der Waals surface area contributed by atoms with Gasteiger partial charge in [0.2, 0.25) is 0 Å². The van der Waals surface area contributed by atoms with E-state index in [1.54, 1.807) is 6.92 Å². The number of carbonyl (C=O) groups is 1. The Kier molecular flexibility index (Phi) is 7.56. The Balaban J connectivity index is 3.52. The predicted octanol–water partition coefficient (Wildman–Crippen LogP) is 2.92. The topological polar surface area (TPSA) is 79.1 Å². The Bertz CT molecular complexity index is 700. The molecule has 9 heteroatoms. The van der Waals surface area contributed by atoms with E-state index in [-0.39, 0.29) is 19.3 Å². The third kappa shape index (κ3) is 4.79. The van der Waals surface area contributed by atoms with E-state index in [0.717, 1.165) is 6.21 Å². The molecule has 1 aromatic rings. The molecule has 0 saturated carbocycles. The lowest BCUT2D eigenvalue weighted by atomic mass is 10.1. The lowest BCUT2D eigenvalue weighted by Gasteiger charge is -2.10. The number of halogens is 4. The van der Waals surface area contributed by atoms with E-state index in [1.807, 2.05) is 0 Å². The zero-order chi connectivity index (χ0) is 19.1. The van der Waals surface area contributed by atoms with Gasteiger partial charge in [-0.15, -0.1) is 0 Å². The molecule has 0 aliphatic heterocycles. The lowest BCUT2D eigenvalue weighted by molar-refractivity contribution is -0.137. The Morgan fingerprint density at radius 3 is 2.40 bits per heavy atom. The number of rotatable bonds is 7. The SMILES string of the molecule is CCOC(=O)C(C=NC(CC)CO)=C(O)c1cc(F)c(F)c(F)c1F. The second-order valence-electron chi connectivity index (χ2n) is 4.85. The molecule has 0 aliphatic carbocycles. The molecule has 1 atom stereocenters. The number of aliphatic hydroxyl groups excluding tert-OH is 2. The molecule has 0 heterocycles. The summed E-state index contributed by atoms with van der Waals surface area (Å²) in [6.07, 6.45) is 1.19. The van der Waals surface area contributed by atoms with Gasteiger partial charge in [0.25, 0.3) is 0 Å². The van der Waals surface area contributed by atoms with Gasteiger partial charge in [-0.2, -0.15) is 0 Å². The van der Waals surface area contributed by atoms with Crippen molar-refractivity contribution in [1.29, 1.82) is 0 Å². The van der Waals surface area contributed by atoms with Crippen LogP contribution in [0.2, 0.25) is 0 Å². The van der Waals surface area contributed by atoms with E-state index in [4.69, 9.17) is 5.11 Å². The maximum atomic E-state index is 13.8. The number of hydrogen-bond acceptors (Lipinski definition) is 5. The minimum atomic E-state index is -2.14. The van der Waals surface area contributed by atoms with Crippen LogP contribution in [0.5, 0.6) is 0 Å². The maximum Gasteiger partial charge on any atom is 0.343 e. The second-order valence-corrected chi connectivity index (χ2v) is 4.85. The molecule has 5 nitrogen and oxygen atoms in total. The molecule has 1 aromatic carbocycles. The minimum Gasteiger partial charge on any atom is -0.506 e. The van der Waals surface area contributed by atoms with Gasteiger partial charge in [0.05, 0.1) is 24.8 Å². The minimum absolute atomic E-state index is 0.102. The van der Waals surface area contributed by atoms with E-state index in [0.29, 0.717) is 6.42 Å². The van der Waals surface area contributed by atoms with Crippen molar-refractivity contribution in [2.75, 3.05) is 13.2 Å². The van der Waals surface area contributed by atoms with Crippen molar-refractivity contribution in [1.82, 2.24) is 0 Å². The van der Waals surface area contributed by atoms with Gasteiger partial charge in [-0.3, -0.25) is 4.99 Å². The summed E-state index contributed by atoms with van der Waals surface area (Å²) in [6, 6.07) is -0.414. The van der Waals surface area contributed by atoms with Gasteiger partial charge < -0.3 is 14.9 Å². The average molecular weight is 363 g/mol. The largest absolute Gasteiger partial charge is 0.506 e. The molecule has 1 unspecified atom stereocenters. The highest BCUT2D eigenvalue weighted by Gasteiger charge is 2.25. The van der Waals surface area contributed by atoms with Crippen molar-refractivity contribution < 1.29 is 37.3 Å². The Morgan fingerprint density at radius 1 is 1.24 bits per heavy atom. The predicted molar refractivity (Wildman–Crippen MR) is 82.1 cm³/mol. The van der Waals surface area contributed by atoms with E-state index in [9.17, 15) is 27.5 Å². The molecule has 0 bridgehead atoms. The third-order valence-corrected chi connectivity index (χ3v) is 3.20. The van der Waals surface area contributed by atoms with Crippen molar-refractivity contribution in [2.45, 2.75) is 26.3 Å². The zero-order valence-electron chi connectivity index (χ0n) is 13.5. The molecule has 0 amide bonds. The molecular formula is C16H17F4NO4. The highest BCUT2D eigenvalue weighted by atomic mass is 19.2. The number of nitrogens with zero attached hydrogens (tertiary/aromatic N) is 1. The van der Waals surface area contributed by atoms with Crippen molar-refractivity contribution in [3.05, 3.63) is 40.5 Å². The fourth-order valence-electron chi connectivity index (χ4n) is 1.77. The van der Waals surface area contributed by atoms with Crippen LogP contribution in [0, 0.1) is 23.3 Å². The van der Waals surface area contributed by atoms with Crippen molar-refractivity contribution in [3.63, 3.8) is 0 Å². The van der Waals surface area contributed by atoms with Crippen LogP contribution in [0.25, 0.3) is 5.76 Å². The van der Waals surface area contributed by atoms with Crippen LogP contribution in [-0.4, -0.2) is 41.7 Å². The van der Waals surface area contributed by atoms with Gasteiger partial charge in [0.15, 0.2) is 23.3 Å². The number of ether oxygens (including phenoxy) is 1. The Morgan fingerprint density at radius 2 is 1.88 bits per heavy atom. The van der Waals surface area contributed by atoms with Crippen LogP contribution in [0.1, 0.15) is 25.8 Å². The van der Waals surface area contributed by atoms with E-state index < -0.39 is 52.2 Å². The van der Waals surface area contributed by atoms with Crippen LogP contribution in [-0.2, 0) is 9.53 Å². The molecular weight excluding hydrogens is 346 g/mol. The van der Waals surface area contributed by atoms with Gasteiger partial charge in [-0.05, 0) is 19.4 Å². The number of aliphatic hydroxyl groups is 2. The number of benzene rings is 1. The molecule has 1 rings (SSSR count). The number of hydrogen-bond donors (Lipinski definition) is 2. The van der Waals surface area contributed by atoms with Crippen LogP contribution in [0.4, 0.5) is 17.6 Å². The first kappa shape index (κ1) is 20.6. The number of carbonyl (C=O) groups excluding carboxylic acids is 1. The normalized spacial score (nSPS) is 13.7. The molecule has 0 saturated heterocycles. The maximum absolute atomic E-state index is 13.8. The first-order valence-corrected chi connectivity index (χ1v) is 7.36. The molecule has 138 valence electrons. The van der Waals surface area contributed by atoms with Gasteiger partial charge >= 0.3 is 5.97 Å². The lowest BCUT2D eigenvalue weighted by Crippen LogP contribution is -2.15. The second kappa shape index (κ2) is 9.16. The van der Waals surface area contributed by atoms with Crippen LogP contribution in [0.15, 0.2) is 16.6 Å². The van der Waals surface area contributed by atoms with E-state index in [1.165, 1.54) is 6.92 Å². The van der Waals surface area contributed by atoms with Crippen molar-refractivity contribution >= 4 is 17.9 Å². The molecule has 2 N–H and O–H groups in total. The average Bonchev–Trinajstić information content (AvgIpc) is 2.59. The third-order valence-electron chi connectivity index (χ3n) is 3.20. The zero-order valence-corrected chi connectivity index (χ0v) is 13.5. The summed E-state index contributed by atoms with van der Waals surface area (Å²) < 4.78 is 58.2. The van der Waals surface area contributed by atoms with Crippen LogP contribution < -0.4 is 0 Å². The first-order chi connectivity index (χ1) is 11.8. The summed E-state index contributed by atoms with van der Waals surface area (Å²) in [5.41, 5.74) is -1.76. The Labute approximate surface area is 141 Å². The van der Waals surface area contributed by atoms with Crippen LogP contribution in [0.3, 0.4) is 0 Å². The fraction of sp³-hybridized carbons (Fsp3) is 0.375. The monoisotopic (exact) mass is 363 g/mol. The molecule has 0 radical (unpaired) electrons. The standard InChI is InChI=1S/C16H17F4NO4/c1-3-8(7-22)21-6-10(16(24)25-4-2)15(23)9-5-11(17)13(19)14(20)12(9)18/h5-6,8,22-23H,3-4,7H2,1-2H3. The first-order valence-electron chi connectivity index (χ1n) is 7.36. The number of esters is 1. The molecule has 0 aromatic heterocycles. The molecule has 0 spiro atoms. The summed E-state index contributed by atoms with van der Waals surface area (Å²) in [5, 5.41) is 19.2. The fourth-order valence-corrected chi connectivity index (χ4v) is 1.77. The van der Waals surface area contributed by atoms with E-state index >= 15 is 0 Å². The summed E-state index contributed by atoms with van der Waals surface area (Å²) in [6.45, 7) is 2.69. The molecule has 0 aliphatic rings. The van der Waals surface area contributed by atoms with Gasteiger partial charge in [0.1, 0.15) is 11.3 Å². The van der Waals surface area contributed by atoms with Gasteiger partial charge in [-0.1, -0.05) is 6.92 Å².